The molecule has 33 heavy (non-hydrogen) atoms. The van der Waals surface area contributed by atoms with Gasteiger partial charge in [0.15, 0.2) is 0 Å². The number of ether oxygens (including phenoxy) is 2. The Labute approximate surface area is 203 Å². The van der Waals surface area contributed by atoms with E-state index in [0.29, 0.717) is 6.54 Å². The van der Waals surface area contributed by atoms with Crippen molar-refractivity contribution in [1.29, 1.82) is 5.26 Å². The molecule has 1 aromatic carbocycles. The van der Waals surface area contributed by atoms with E-state index in [2.05, 4.69) is 55.0 Å². The summed E-state index contributed by atoms with van der Waals surface area (Å²) >= 11 is 3.74. The molecule has 174 valence electrons. The van der Waals surface area contributed by atoms with Crippen molar-refractivity contribution in [3.63, 3.8) is 0 Å². The van der Waals surface area contributed by atoms with Crippen molar-refractivity contribution >= 4 is 33.6 Å². The van der Waals surface area contributed by atoms with Gasteiger partial charge in [-0.15, -0.1) is 0 Å². The van der Waals surface area contributed by atoms with Gasteiger partial charge in [-0.05, 0) is 78.5 Å². The molecular weight excluding hydrogens is 484 g/mol. The molecule has 0 aliphatic carbocycles. The molecule has 0 saturated carbocycles. The Kier molecular flexibility index (Phi) is 7.53. The molecule has 1 N–H and O–H groups in total. The molecule has 2 saturated heterocycles. The highest BCUT2D eigenvalue weighted by Crippen LogP contribution is 2.31. The fourth-order valence-electron chi connectivity index (χ4n) is 4.44. The zero-order valence-electron chi connectivity index (χ0n) is 19.1. The molecule has 1 aromatic heterocycles. The standard InChI is InChI=1S/C25H29BrN4O3/c1-17-12-19(13-20(15-27)25(31)28-16-22-4-3-9-33-22)18(2)30(17)21-5-6-24(23(26)14-21)29-7-10-32-11-8-29/h5-6,12-14,22H,3-4,7-11,16H2,1-2H3,(H,28,31)/b20-13+/t22-/m0/s1. The average molecular weight is 513 g/mol. The summed E-state index contributed by atoms with van der Waals surface area (Å²) in [4.78, 5) is 14.9. The maximum atomic E-state index is 12.6. The summed E-state index contributed by atoms with van der Waals surface area (Å²) in [6.45, 7) is 8.42. The number of nitriles is 1. The number of rotatable bonds is 6. The number of amides is 1. The van der Waals surface area contributed by atoms with Gasteiger partial charge in [0.1, 0.15) is 11.6 Å². The van der Waals surface area contributed by atoms with Crippen molar-refractivity contribution < 1.29 is 14.3 Å². The number of hydrogen-bond donors (Lipinski definition) is 1. The number of carbonyl (C=O) groups is 1. The number of nitrogens with zero attached hydrogens (tertiary/aromatic N) is 3. The lowest BCUT2D eigenvalue weighted by atomic mass is 10.1. The van der Waals surface area contributed by atoms with Gasteiger partial charge in [-0.3, -0.25) is 4.79 Å². The maximum absolute atomic E-state index is 12.6. The minimum Gasteiger partial charge on any atom is -0.378 e. The Bertz CT molecular complexity index is 1090. The van der Waals surface area contributed by atoms with Gasteiger partial charge < -0.3 is 24.3 Å². The molecule has 8 heteroatoms. The van der Waals surface area contributed by atoms with E-state index >= 15 is 0 Å². The first-order chi connectivity index (χ1) is 16.0. The van der Waals surface area contributed by atoms with Crippen molar-refractivity contribution in [2.75, 3.05) is 44.4 Å². The number of aryl methyl sites for hydroxylation is 1. The lowest BCUT2D eigenvalue weighted by Gasteiger charge is -2.30. The van der Waals surface area contributed by atoms with Crippen molar-refractivity contribution in [2.24, 2.45) is 0 Å². The predicted octanol–water partition coefficient (Wildman–Crippen LogP) is 3.90. The van der Waals surface area contributed by atoms with Gasteiger partial charge >= 0.3 is 0 Å². The van der Waals surface area contributed by atoms with Crippen LogP contribution in [0.2, 0.25) is 0 Å². The van der Waals surface area contributed by atoms with Gasteiger partial charge in [-0.2, -0.15) is 5.26 Å². The fraction of sp³-hybridized carbons (Fsp3) is 0.440. The van der Waals surface area contributed by atoms with Crippen LogP contribution in [0, 0.1) is 25.2 Å². The molecular formula is C25H29BrN4O3. The first-order valence-electron chi connectivity index (χ1n) is 11.3. The molecule has 0 unspecified atom stereocenters. The van der Waals surface area contributed by atoms with Gasteiger partial charge in [-0.25, -0.2) is 0 Å². The van der Waals surface area contributed by atoms with E-state index in [-0.39, 0.29) is 17.6 Å². The highest BCUT2D eigenvalue weighted by atomic mass is 79.9. The molecule has 3 heterocycles. The van der Waals surface area contributed by atoms with Crippen LogP contribution in [0.3, 0.4) is 0 Å². The van der Waals surface area contributed by atoms with E-state index in [4.69, 9.17) is 9.47 Å². The van der Waals surface area contributed by atoms with Crippen LogP contribution >= 0.6 is 15.9 Å². The topological polar surface area (TPSA) is 79.5 Å². The van der Waals surface area contributed by atoms with E-state index in [1.54, 1.807) is 6.08 Å². The quantitative estimate of drug-likeness (QED) is 0.469. The van der Waals surface area contributed by atoms with Gasteiger partial charge in [0.05, 0.1) is 25.0 Å². The zero-order chi connectivity index (χ0) is 23.4. The zero-order valence-corrected chi connectivity index (χ0v) is 20.7. The van der Waals surface area contributed by atoms with E-state index in [1.165, 1.54) is 0 Å². The monoisotopic (exact) mass is 512 g/mol. The van der Waals surface area contributed by atoms with Crippen LogP contribution in [0.5, 0.6) is 0 Å². The van der Waals surface area contributed by atoms with Gasteiger partial charge in [-0.1, -0.05) is 0 Å². The Balaban J connectivity index is 1.55. The van der Waals surface area contributed by atoms with Crippen LogP contribution in [0.25, 0.3) is 11.8 Å². The van der Waals surface area contributed by atoms with Crippen LogP contribution in [0.4, 0.5) is 5.69 Å². The van der Waals surface area contributed by atoms with Gasteiger partial charge in [0.25, 0.3) is 5.91 Å². The number of carbonyl (C=O) groups excluding carboxylic acids is 1. The highest BCUT2D eigenvalue weighted by molar-refractivity contribution is 9.10. The smallest absolute Gasteiger partial charge is 0.262 e. The first-order valence-corrected chi connectivity index (χ1v) is 12.1. The van der Waals surface area contributed by atoms with Crippen molar-refractivity contribution in [3.05, 3.63) is 51.3 Å². The number of anilines is 1. The predicted molar refractivity (Wildman–Crippen MR) is 132 cm³/mol. The van der Waals surface area contributed by atoms with E-state index < -0.39 is 0 Å². The summed E-state index contributed by atoms with van der Waals surface area (Å²) < 4.78 is 14.2. The van der Waals surface area contributed by atoms with Crippen molar-refractivity contribution in [1.82, 2.24) is 9.88 Å². The van der Waals surface area contributed by atoms with Gasteiger partial charge in [0, 0.05) is 47.8 Å². The second kappa shape index (κ2) is 10.6. The summed E-state index contributed by atoms with van der Waals surface area (Å²) in [5.74, 6) is -0.365. The molecule has 1 atom stereocenters. The number of hydrogen-bond acceptors (Lipinski definition) is 5. The Morgan fingerprint density at radius 1 is 1.27 bits per heavy atom. The second-order valence-electron chi connectivity index (χ2n) is 8.41. The van der Waals surface area contributed by atoms with Crippen LogP contribution < -0.4 is 10.2 Å². The van der Waals surface area contributed by atoms with E-state index in [1.807, 2.05) is 19.9 Å². The van der Waals surface area contributed by atoms with Crippen LogP contribution in [-0.2, 0) is 14.3 Å². The number of morpholine rings is 1. The summed E-state index contributed by atoms with van der Waals surface area (Å²) in [7, 11) is 0. The Hall–Kier alpha value is -2.60. The molecule has 0 radical (unpaired) electrons. The molecule has 2 fully saturated rings. The lowest BCUT2D eigenvalue weighted by molar-refractivity contribution is -0.117. The Morgan fingerprint density at radius 3 is 2.73 bits per heavy atom. The van der Waals surface area contributed by atoms with Crippen LogP contribution in [0.15, 0.2) is 34.3 Å². The number of nitrogens with one attached hydrogen (secondary N) is 1. The molecule has 0 bridgehead atoms. The largest absolute Gasteiger partial charge is 0.378 e. The molecule has 2 aliphatic rings. The lowest BCUT2D eigenvalue weighted by Crippen LogP contribution is -2.36. The Morgan fingerprint density at radius 2 is 2.06 bits per heavy atom. The summed E-state index contributed by atoms with van der Waals surface area (Å²) in [5.41, 5.74) is 5.12. The average Bonchev–Trinajstić information content (AvgIpc) is 3.44. The van der Waals surface area contributed by atoms with Crippen LogP contribution in [0.1, 0.15) is 29.8 Å². The van der Waals surface area contributed by atoms with Crippen molar-refractivity contribution in [3.8, 4) is 11.8 Å². The summed E-state index contributed by atoms with van der Waals surface area (Å²) in [6, 6.07) is 10.4. The third-order valence-electron chi connectivity index (χ3n) is 6.19. The number of benzene rings is 1. The summed E-state index contributed by atoms with van der Waals surface area (Å²) in [5, 5.41) is 12.4. The molecule has 4 rings (SSSR count). The minimum absolute atomic E-state index is 0.0397. The highest BCUT2D eigenvalue weighted by Gasteiger charge is 2.19. The second-order valence-corrected chi connectivity index (χ2v) is 9.27. The summed E-state index contributed by atoms with van der Waals surface area (Å²) in [6.07, 6.45) is 3.66. The third kappa shape index (κ3) is 5.32. The van der Waals surface area contributed by atoms with Crippen LogP contribution in [-0.4, -0.2) is 56.0 Å². The van der Waals surface area contributed by atoms with E-state index in [9.17, 15) is 10.1 Å². The first kappa shape index (κ1) is 23.6. The number of aromatic nitrogens is 1. The SMILES string of the molecule is Cc1cc(/C=C(\C#N)C(=O)NC[C@@H]2CCCO2)c(C)n1-c1ccc(N2CCOCC2)c(Br)c1. The molecule has 2 aromatic rings. The minimum atomic E-state index is -0.365. The fourth-order valence-corrected chi connectivity index (χ4v) is 5.06. The molecule has 2 aliphatic heterocycles. The molecule has 1 amide bonds. The third-order valence-corrected chi connectivity index (χ3v) is 6.83. The molecule has 0 spiro atoms. The maximum Gasteiger partial charge on any atom is 0.262 e. The van der Waals surface area contributed by atoms with Crippen molar-refractivity contribution in [2.45, 2.75) is 32.8 Å². The van der Waals surface area contributed by atoms with Gasteiger partial charge in [0.2, 0.25) is 0 Å². The molecule has 7 nitrogen and oxygen atoms in total. The number of halogens is 1. The van der Waals surface area contributed by atoms with E-state index in [0.717, 1.165) is 78.6 Å². The normalized spacial score (nSPS) is 18.9.